The van der Waals surface area contributed by atoms with E-state index in [2.05, 4.69) is 5.32 Å². The Kier molecular flexibility index (Phi) is 4.82. The third kappa shape index (κ3) is 4.11. The van der Waals surface area contributed by atoms with E-state index in [0.717, 1.165) is 12.8 Å². The first kappa shape index (κ1) is 15.8. The lowest BCUT2D eigenvalue weighted by Gasteiger charge is -2.40. The maximum Gasteiger partial charge on any atom is 0.317 e. The summed E-state index contributed by atoms with van der Waals surface area (Å²) in [6.07, 6.45) is 2.86. The van der Waals surface area contributed by atoms with E-state index in [1.54, 1.807) is 4.90 Å². The lowest BCUT2D eigenvalue weighted by atomic mass is 9.76. The number of hydrogen-bond donors (Lipinski definition) is 2. The van der Waals surface area contributed by atoms with Gasteiger partial charge in [-0.25, -0.2) is 4.79 Å². The molecule has 5 nitrogen and oxygen atoms in total. The number of carboxylic acid groups (broad SMARTS) is 1. The van der Waals surface area contributed by atoms with Gasteiger partial charge in [0.15, 0.2) is 0 Å². The van der Waals surface area contributed by atoms with Crippen LogP contribution in [0.25, 0.3) is 0 Å². The number of urea groups is 1. The zero-order valence-corrected chi connectivity index (χ0v) is 12.5. The Morgan fingerprint density at radius 2 is 2.00 bits per heavy atom. The van der Waals surface area contributed by atoms with Crippen LogP contribution in [0.1, 0.15) is 53.4 Å². The molecule has 1 saturated heterocycles. The molecule has 19 heavy (non-hydrogen) atoms. The smallest absolute Gasteiger partial charge is 0.317 e. The predicted octanol–water partition coefficient (Wildman–Crippen LogP) is 2.46. The van der Waals surface area contributed by atoms with Crippen LogP contribution in [0.5, 0.6) is 0 Å². The summed E-state index contributed by atoms with van der Waals surface area (Å²) in [5.41, 5.74) is -1.06. The third-order valence-electron chi connectivity index (χ3n) is 3.53. The first-order valence-electron chi connectivity index (χ1n) is 7.01. The van der Waals surface area contributed by atoms with E-state index in [9.17, 15) is 14.7 Å². The van der Waals surface area contributed by atoms with Crippen LogP contribution in [0.2, 0.25) is 0 Å². The molecular formula is C14H26N2O3. The van der Waals surface area contributed by atoms with Crippen LogP contribution in [-0.4, -0.2) is 40.6 Å². The van der Waals surface area contributed by atoms with Gasteiger partial charge in [0.05, 0.1) is 5.41 Å². The Bertz CT molecular complexity index is 345. The van der Waals surface area contributed by atoms with Gasteiger partial charge in [0.25, 0.3) is 0 Å². The van der Waals surface area contributed by atoms with Crippen molar-refractivity contribution in [2.75, 3.05) is 13.1 Å². The second kappa shape index (κ2) is 5.80. The third-order valence-corrected chi connectivity index (χ3v) is 3.53. The molecule has 1 heterocycles. The maximum absolute atomic E-state index is 12.2. The lowest BCUT2D eigenvalue weighted by Crippen LogP contribution is -2.55. The molecule has 1 unspecified atom stereocenters. The number of piperidine rings is 1. The summed E-state index contributed by atoms with van der Waals surface area (Å²) in [5, 5.41) is 12.4. The fraction of sp³-hybridized carbons (Fsp3) is 0.857. The molecule has 1 aliphatic heterocycles. The van der Waals surface area contributed by atoms with Crippen molar-refractivity contribution < 1.29 is 14.7 Å². The summed E-state index contributed by atoms with van der Waals surface area (Å²) in [6.45, 7) is 8.71. The molecule has 1 atom stereocenters. The largest absolute Gasteiger partial charge is 0.481 e. The number of aliphatic carboxylic acids is 1. The second-order valence-corrected chi connectivity index (χ2v) is 6.54. The number of nitrogens with zero attached hydrogens (tertiary/aromatic N) is 1. The summed E-state index contributed by atoms with van der Waals surface area (Å²) < 4.78 is 0. The van der Waals surface area contributed by atoms with Gasteiger partial charge in [-0.2, -0.15) is 0 Å². The van der Waals surface area contributed by atoms with Crippen molar-refractivity contribution in [1.82, 2.24) is 10.2 Å². The second-order valence-electron chi connectivity index (χ2n) is 6.54. The first-order valence-corrected chi connectivity index (χ1v) is 7.01. The van der Waals surface area contributed by atoms with E-state index in [-0.39, 0.29) is 11.6 Å². The number of amides is 2. The zero-order valence-electron chi connectivity index (χ0n) is 12.5. The molecule has 2 N–H and O–H groups in total. The van der Waals surface area contributed by atoms with Crippen molar-refractivity contribution in [2.45, 2.75) is 58.9 Å². The van der Waals surface area contributed by atoms with Crippen LogP contribution in [-0.2, 0) is 4.79 Å². The minimum Gasteiger partial charge on any atom is -0.481 e. The molecule has 1 aliphatic rings. The Labute approximate surface area is 115 Å². The minimum atomic E-state index is -0.775. The van der Waals surface area contributed by atoms with E-state index >= 15 is 0 Å². The van der Waals surface area contributed by atoms with Gasteiger partial charge in [-0.15, -0.1) is 0 Å². The average molecular weight is 270 g/mol. The molecule has 0 radical (unpaired) electrons. The van der Waals surface area contributed by atoms with Crippen molar-refractivity contribution in [3.63, 3.8) is 0 Å². The van der Waals surface area contributed by atoms with Gasteiger partial charge in [-0.3, -0.25) is 4.79 Å². The Morgan fingerprint density at radius 1 is 1.37 bits per heavy atom. The molecule has 1 fully saturated rings. The highest BCUT2D eigenvalue weighted by molar-refractivity contribution is 5.79. The van der Waals surface area contributed by atoms with E-state index in [4.69, 9.17) is 0 Å². The zero-order chi connectivity index (χ0) is 14.7. The van der Waals surface area contributed by atoms with Crippen molar-refractivity contribution in [3.05, 3.63) is 0 Å². The SMILES string of the molecule is CCCC1(C(=O)O)CCCN(C(=O)NC(C)(C)C)C1. The molecule has 0 spiro atoms. The van der Waals surface area contributed by atoms with Crippen LogP contribution in [0, 0.1) is 5.41 Å². The van der Waals surface area contributed by atoms with Crippen molar-refractivity contribution in [1.29, 1.82) is 0 Å². The van der Waals surface area contributed by atoms with Crippen molar-refractivity contribution >= 4 is 12.0 Å². The number of nitrogens with one attached hydrogen (secondary N) is 1. The predicted molar refractivity (Wildman–Crippen MR) is 74.1 cm³/mol. The highest BCUT2D eigenvalue weighted by atomic mass is 16.4. The minimum absolute atomic E-state index is 0.158. The van der Waals surface area contributed by atoms with E-state index in [1.165, 1.54) is 0 Å². The number of rotatable bonds is 3. The van der Waals surface area contributed by atoms with Gasteiger partial charge >= 0.3 is 12.0 Å². The normalized spacial score (nSPS) is 24.1. The maximum atomic E-state index is 12.2. The lowest BCUT2D eigenvalue weighted by molar-refractivity contribution is -0.152. The number of hydrogen-bond acceptors (Lipinski definition) is 2. The van der Waals surface area contributed by atoms with Gasteiger partial charge < -0.3 is 15.3 Å². The van der Waals surface area contributed by atoms with Crippen LogP contribution >= 0.6 is 0 Å². The molecule has 0 saturated carbocycles. The number of carboxylic acids is 1. The van der Waals surface area contributed by atoms with Gasteiger partial charge in [-0.05, 0) is 40.0 Å². The van der Waals surface area contributed by atoms with Crippen molar-refractivity contribution in [2.24, 2.45) is 5.41 Å². The Balaban J connectivity index is 2.77. The van der Waals surface area contributed by atoms with E-state index in [0.29, 0.717) is 25.9 Å². The summed E-state index contributed by atoms with van der Waals surface area (Å²) in [6, 6.07) is -0.158. The standard InChI is InChI=1S/C14H26N2O3/c1-5-7-14(11(17)18)8-6-9-16(10-14)12(19)15-13(2,3)4/h5-10H2,1-4H3,(H,15,19)(H,17,18). The number of likely N-dealkylation sites (tertiary alicyclic amines) is 1. The summed E-state index contributed by atoms with van der Waals surface area (Å²) in [4.78, 5) is 25.4. The van der Waals surface area contributed by atoms with Gasteiger partial charge in [0.1, 0.15) is 0 Å². The molecule has 5 heteroatoms. The van der Waals surface area contributed by atoms with Crippen LogP contribution in [0.15, 0.2) is 0 Å². The number of carbonyl (C=O) groups excluding carboxylic acids is 1. The molecule has 110 valence electrons. The van der Waals surface area contributed by atoms with Crippen LogP contribution in [0.3, 0.4) is 0 Å². The van der Waals surface area contributed by atoms with Crippen LogP contribution in [0.4, 0.5) is 4.79 Å². The fourth-order valence-electron chi connectivity index (χ4n) is 2.67. The topological polar surface area (TPSA) is 69.6 Å². The van der Waals surface area contributed by atoms with Gasteiger partial charge in [0.2, 0.25) is 0 Å². The number of carbonyl (C=O) groups is 2. The monoisotopic (exact) mass is 270 g/mol. The summed E-state index contributed by atoms with van der Waals surface area (Å²) in [5.74, 6) is -0.775. The first-order chi connectivity index (χ1) is 8.70. The molecule has 2 amide bonds. The van der Waals surface area contributed by atoms with E-state index < -0.39 is 11.4 Å². The van der Waals surface area contributed by atoms with Crippen molar-refractivity contribution in [3.8, 4) is 0 Å². The molecule has 1 rings (SSSR count). The van der Waals surface area contributed by atoms with Crippen LogP contribution < -0.4 is 5.32 Å². The Morgan fingerprint density at radius 3 is 2.47 bits per heavy atom. The fourth-order valence-corrected chi connectivity index (χ4v) is 2.67. The summed E-state index contributed by atoms with van der Waals surface area (Å²) >= 11 is 0. The Hall–Kier alpha value is -1.26. The molecular weight excluding hydrogens is 244 g/mol. The average Bonchev–Trinajstić information content (AvgIpc) is 2.27. The quantitative estimate of drug-likeness (QED) is 0.827. The molecule has 0 aliphatic carbocycles. The molecule has 0 aromatic rings. The highest BCUT2D eigenvalue weighted by Crippen LogP contribution is 2.35. The highest BCUT2D eigenvalue weighted by Gasteiger charge is 2.43. The van der Waals surface area contributed by atoms with Gasteiger partial charge in [0, 0.05) is 18.6 Å². The molecule has 0 bridgehead atoms. The summed E-state index contributed by atoms with van der Waals surface area (Å²) in [7, 11) is 0. The molecule has 0 aromatic heterocycles. The van der Waals surface area contributed by atoms with E-state index in [1.807, 2.05) is 27.7 Å². The molecule has 0 aromatic carbocycles. The van der Waals surface area contributed by atoms with Gasteiger partial charge in [-0.1, -0.05) is 13.3 Å².